The molecule has 3 N–H and O–H groups in total. The molecule has 0 saturated heterocycles. The van der Waals surface area contributed by atoms with E-state index < -0.39 is 6.10 Å². The van der Waals surface area contributed by atoms with Crippen molar-refractivity contribution in [3.05, 3.63) is 24.3 Å². The standard InChI is InChI=1S/C16H24N4O/c1-16(2,3)9-11(21)10-18-14-12-7-5-6-8-13(12)19-15(17-4)20-14/h5-8,11,21H,9-10H2,1-4H3,(H2,17,18,19,20). The molecule has 114 valence electrons. The largest absolute Gasteiger partial charge is 0.391 e. The molecule has 0 saturated carbocycles. The molecule has 1 aromatic carbocycles. The Balaban J connectivity index is 2.17. The smallest absolute Gasteiger partial charge is 0.224 e. The topological polar surface area (TPSA) is 70.1 Å². The van der Waals surface area contributed by atoms with Crippen LogP contribution in [0.15, 0.2) is 24.3 Å². The molecule has 0 fully saturated rings. The van der Waals surface area contributed by atoms with E-state index in [2.05, 4.69) is 41.4 Å². The van der Waals surface area contributed by atoms with Crippen molar-refractivity contribution >= 4 is 22.7 Å². The number of benzene rings is 1. The summed E-state index contributed by atoms with van der Waals surface area (Å²) in [5, 5.41) is 17.3. The lowest BCUT2D eigenvalue weighted by Gasteiger charge is -2.22. The fraction of sp³-hybridized carbons (Fsp3) is 0.500. The third-order valence-electron chi connectivity index (χ3n) is 3.18. The second kappa shape index (κ2) is 6.26. The molecule has 0 amide bonds. The van der Waals surface area contributed by atoms with Crippen LogP contribution in [0.1, 0.15) is 27.2 Å². The first-order valence-corrected chi connectivity index (χ1v) is 7.25. The summed E-state index contributed by atoms with van der Waals surface area (Å²) in [4.78, 5) is 8.86. The normalized spacial score (nSPS) is 13.2. The highest BCUT2D eigenvalue weighted by Gasteiger charge is 2.17. The van der Waals surface area contributed by atoms with Crippen LogP contribution >= 0.6 is 0 Å². The van der Waals surface area contributed by atoms with Gasteiger partial charge in [-0.1, -0.05) is 32.9 Å². The van der Waals surface area contributed by atoms with Gasteiger partial charge in [0.05, 0.1) is 11.6 Å². The summed E-state index contributed by atoms with van der Waals surface area (Å²) in [7, 11) is 1.79. The first kappa shape index (κ1) is 15.5. The van der Waals surface area contributed by atoms with Crippen LogP contribution in [0.3, 0.4) is 0 Å². The van der Waals surface area contributed by atoms with Gasteiger partial charge < -0.3 is 15.7 Å². The van der Waals surface area contributed by atoms with E-state index in [1.807, 2.05) is 24.3 Å². The Labute approximate surface area is 125 Å². The third-order valence-corrected chi connectivity index (χ3v) is 3.18. The predicted molar refractivity (Wildman–Crippen MR) is 87.7 cm³/mol. The molecule has 0 aliphatic carbocycles. The molecule has 1 atom stereocenters. The minimum Gasteiger partial charge on any atom is -0.391 e. The number of nitrogens with zero attached hydrogens (tertiary/aromatic N) is 2. The molecule has 0 spiro atoms. The first-order chi connectivity index (χ1) is 9.89. The summed E-state index contributed by atoms with van der Waals surface area (Å²) in [6.45, 7) is 6.83. The maximum atomic E-state index is 10.1. The van der Waals surface area contributed by atoms with Crippen molar-refractivity contribution in [1.82, 2.24) is 9.97 Å². The van der Waals surface area contributed by atoms with E-state index in [9.17, 15) is 5.11 Å². The molecule has 0 aliphatic rings. The average Bonchev–Trinajstić information content (AvgIpc) is 2.42. The number of nitrogens with one attached hydrogen (secondary N) is 2. The first-order valence-electron chi connectivity index (χ1n) is 7.25. The van der Waals surface area contributed by atoms with Crippen LogP contribution in [0, 0.1) is 5.41 Å². The van der Waals surface area contributed by atoms with Crippen LogP contribution < -0.4 is 10.6 Å². The Morgan fingerprint density at radius 3 is 2.57 bits per heavy atom. The zero-order valence-corrected chi connectivity index (χ0v) is 13.1. The van der Waals surface area contributed by atoms with Gasteiger partial charge in [0.2, 0.25) is 5.95 Å². The van der Waals surface area contributed by atoms with Crippen LogP contribution in [0.25, 0.3) is 10.9 Å². The molecular weight excluding hydrogens is 264 g/mol. The summed E-state index contributed by atoms with van der Waals surface area (Å²) >= 11 is 0. The maximum Gasteiger partial charge on any atom is 0.224 e. The van der Waals surface area contributed by atoms with Crippen molar-refractivity contribution < 1.29 is 5.11 Å². The molecule has 0 radical (unpaired) electrons. The lowest BCUT2D eigenvalue weighted by Crippen LogP contribution is -2.25. The van der Waals surface area contributed by atoms with Crippen LogP contribution in [0.2, 0.25) is 0 Å². The van der Waals surface area contributed by atoms with Gasteiger partial charge in [0.25, 0.3) is 0 Å². The van der Waals surface area contributed by atoms with Crippen molar-refractivity contribution in [3.8, 4) is 0 Å². The Morgan fingerprint density at radius 1 is 1.19 bits per heavy atom. The number of aliphatic hydroxyl groups excluding tert-OH is 1. The van der Waals surface area contributed by atoms with Crippen LogP contribution in [0.4, 0.5) is 11.8 Å². The number of anilines is 2. The molecule has 5 heteroatoms. The van der Waals surface area contributed by atoms with E-state index in [0.29, 0.717) is 12.5 Å². The molecule has 0 aliphatic heterocycles. The van der Waals surface area contributed by atoms with Crippen molar-refractivity contribution in [2.24, 2.45) is 5.41 Å². The molecule has 1 unspecified atom stereocenters. The minimum absolute atomic E-state index is 0.102. The highest BCUT2D eigenvalue weighted by Crippen LogP contribution is 2.23. The summed E-state index contributed by atoms with van der Waals surface area (Å²) in [5.41, 5.74) is 0.981. The van der Waals surface area contributed by atoms with Crippen molar-refractivity contribution in [3.63, 3.8) is 0 Å². The minimum atomic E-state index is -0.406. The van der Waals surface area contributed by atoms with Crippen LogP contribution in [-0.2, 0) is 0 Å². The molecule has 0 bridgehead atoms. The van der Waals surface area contributed by atoms with Crippen molar-refractivity contribution in [1.29, 1.82) is 0 Å². The van der Waals surface area contributed by atoms with Crippen molar-refractivity contribution in [2.45, 2.75) is 33.3 Å². The highest BCUT2D eigenvalue weighted by molar-refractivity contribution is 5.89. The van der Waals surface area contributed by atoms with Gasteiger partial charge in [0, 0.05) is 19.0 Å². The van der Waals surface area contributed by atoms with Gasteiger partial charge in [0.1, 0.15) is 5.82 Å². The number of aliphatic hydroxyl groups is 1. The van der Waals surface area contributed by atoms with Gasteiger partial charge in [-0.05, 0) is 24.0 Å². The molecule has 21 heavy (non-hydrogen) atoms. The SMILES string of the molecule is CNc1nc(NCC(O)CC(C)(C)C)c2ccccc2n1. The van der Waals surface area contributed by atoms with Gasteiger partial charge in [-0.3, -0.25) is 0 Å². The number of para-hydroxylation sites is 1. The fourth-order valence-electron chi connectivity index (χ4n) is 2.32. The zero-order valence-electron chi connectivity index (χ0n) is 13.1. The maximum absolute atomic E-state index is 10.1. The Morgan fingerprint density at radius 2 is 1.90 bits per heavy atom. The van der Waals surface area contributed by atoms with E-state index in [0.717, 1.165) is 23.1 Å². The lowest BCUT2D eigenvalue weighted by atomic mass is 9.89. The van der Waals surface area contributed by atoms with E-state index >= 15 is 0 Å². The molecule has 5 nitrogen and oxygen atoms in total. The van der Waals surface area contributed by atoms with Crippen LogP contribution in [-0.4, -0.2) is 34.8 Å². The second-order valence-electron chi connectivity index (χ2n) is 6.46. The summed E-state index contributed by atoms with van der Waals surface area (Å²) < 4.78 is 0. The summed E-state index contributed by atoms with van der Waals surface area (Å²) in [6.07, 6.45) is 0.332. The number of aromatic nitrogens is 2. The number of hydrogen-bond acceptors (Lipinski definition) is 5. The van der Waals surface area contributed by atoms with Crippen LogP contribution in [0.5, 0.6) is 0 Å². The van der Waals surface area contributed by atoms with Gasteiger partial charge in [-0.2, -0.15) is 4.98 Å². The number of hydrogen-bond donors (Lipinski definition) is 3. The van der Waals surface area contributed by atoms with Gasteiger partial charge >= 0.3 is 0 Å². The Bertz CT molecular complexity index is 607. The number of fused-ring (bicyclic) bond motifs is 1. The molecule has 2 aromatic rings. The average molecular weight is 288 g/mol. The number of rotatable bonds is 5. The van der Waals surface area contributed by atoms with E-state index in [4.69, 9.17) is 0 Å². The van der Waals surface area contributed by atoms with Gasteiger partial charge in [-0.15, -0.1) is 0 Å². The van der Waals surface area contributed by atoms with Crippen molar-refractivity contribution in [2.75, 3.05) is 24.2 Å². The third kappa shape index (κ3) is 4.29. The predicted octanol–water partition coefficient (Wildman–Crippen LogP) is 2.88. The molecule has 1 heterocycles. The molecule has 1 aromatic heterocycles. The Hall–Kier alpha value is -1.88. The lowest BCUT2D eigenvalue weighted by molar-refractivity contribution is 0.132. The highest BCUT2D eigenvalue weighted by atomic mass is 16.3. The van der Waals surface area contributed by atoms with Gasteiger partial charge in [-0.25, -0.2) is 4.98 Å². The monoisotopic (exact) mass is 288 g/mol. The van der Waals surface area contributed by atoms with E-state index in [1.165, 1.54) is 0 Å². The Kier molecular flexibility index (Phi) is 4.63. The quantitative estimate of drug-likeness (QED) is 0.789. The summed E-state index contributed by atoms with van der Waals surface area (Å²) in [5.74, 6) is 1.32. The summed E-state index contributed by atoms with van der Waals surface area (Å²) in [6, 6.07) is 7.84. The van der Waals surface area contributed by atoms with E-state index in [1.54, 1.807) is 7.05 Å². The van der Waals surface area contributed by atoms with Gasteiger partial charge in [0.15, 0.2) is 0 Å². The fourth-order valence-corrected chi connectivity index (χ4v) is 2.32. The molecular formula is C16H24N4O. The molecule has 2 rings (SSSR count). The second-order valence-corrected chi connectivity index (χ2v) is 6.46. The zero-order chi connectivity index (χ0) is 15.5. The van der Waals surface area contributed by atoms with E-state index in [-0.39, 0.29) is 5.41 Å².